The quantitative estimate of drug-likeness (QED) is 0.220. The minimum Gasteiger partial charge on any atom is -0.491 e. The van der Waals surface area contributed by atoms with E-state index in [9.17, 15) is 10.2 Å². The molecule has 0 aliphatic rings. The summed E-state index contributed by atoms with van der Waals surface area (Å²) in [6.07, 6.45) is -1.59. The molecule has 0 aromatic heterocycles. The summed E-state index contributed by atoms with van der Waals surface area (Å²) in [5.41, 5.74) is 1.40. The Balaban J connectivity index is 1.39. The van der Waals surface area contributed by atoms with Crippen LogP contribution in [0.1, 0.15) is 25.0 Å². The van der Waals surface area contributed by atoms with Crippen molar-refractivity contribution in [2.75, 3.05) is 26.4 Å². The highest BCUT2D eigenvalue weighted by Gasteiger charge is 2.30. The van der Waals surface area contributed by atoms with E-state index in [1.54, 1.807) is 0 Å². The van der Waals surface area contributed by atoms with Crippen molar-refractivity contribution in [2.45, 2.75) is 31.5 Å². The molecule has 4 rings (SSSR count). The van der Waals surface area contributed by atoms with Gasteiger partial charge >= 0.3 is 0 Å². The Kier molecular flexibility index (Phi) is 9.84. The van der Waals surface area contributed by atoms with Gasteiger partial charge in [-0.2, -0.15) is 0 Å². The number of hydrogen-bond acceptors (Lipinski definition) is 6. The van der Waals surface area contributed by atoms with Crippen LogP contribution in [-0.4, -0.2) is 48.8 Å². The molecule has 0 aliphatic heterocycles. The van der Waals surface area contributed by atoms with E-state index in [1.807, 2.05) is 109 Å². The Morgan fingerprint density at radius 2 is 0.821 bits per heavy atom. The number of hydrogen-bond donors (Lipinski definition) is 2. The molecule has 0 aliphatic carbocycles. The highest BCUT2D eigenvalue weighted by atomic mass is 16.5. The number of aliphatic hydroxyl groups excluding tert-OH is 2. The molecule has 6 heteroatoms. The van der Waals surface area contributed by atoms with Crippen LogP contribution in [0.5, 0.6) is 23.0 Å². The predicted octanol–water partition coefficient (Wildman–Crippen LogP) is 5.65. The molecule has 2 unspecified atom stereocenters. The molecule has 0 radical (unpaired) electrons. The Morgan fingerprint density at radius 3 is 1.23 bits per heavy atom. The normalized spacial score (nSPS) is 12.8. The van der Waals surface area contributed by atoms with E-state index in [2.05, 4.69) is 13.8 Å². The third kappa shape index (κ3) is 7.99. The molecule has 6 nitrogen and oxygen atoms in total. The van der Waals surface area contributed by atoms with Crippen LogP contribution in [0.2, 0.25) is 0 Å². The van der Waals surface area contributed by atoms with Gasteiger partial charge < -0.3 is 29.2 Å². The van der Waals surface area contributed by atoms with E-state index in [4.69, 9.17) is 18.9 Å². The Labute approximate surface area is 230 Å². The molecule has 0 fully saturated rings. The lowest BCUT2D eigenvalue weighted by Gasteiger charge is -2.30. The van der Waals surface area contributed by atoms with Crippen LogP contribution in [0.25, 0.3) is 0 Å². The lowest BCUT2D eigenvalue weighted by Crippen LogP contribution is -2.28. The van der Waals surface area contributed by atoms with Gasteiger partial charge in [0.25, 0.3) is 0 Å². The zero-order chi connectivity index (χ0) is 27.5. The smallest absolute Gasteiger partial charge is 0.123 e. The summed E-state index contributed by atoms with van der Waals surface area (Å²) in [5.74, 6) is 2.75. The first kappa shape index (κ1) is 28.0. The maximum absolute atomic E-state index is 10.5. The van der Waals surface area contributed by atoms with E-state index >= 15 is 0 Å². The summed E-state index contributed by atoms with van der Waals surface area (Å²) in [4.78, 5) is 0. The Bertz CT molecular complexity index is 1180. The lowest BCUT2D eigenvalue weighted by atomic mass is 9.77. The largest absolute Gasteiger partial charge is 0.491 e. The van der Waals surface area contributed by atoms with Gasteiger partial charge in [-0.3, -0.25) is 0 Å². The molecule has 204 valence electrons. The van der Waals surface area contributed by atoms with Crippen molar-refractivity contribution < 1.29 is 29.2 Å². The van der Waals surface area contributed by atoms with Crippen LogP contribution < -0.4 is 18.9 Å². The third-order valence-electron chi connectivity index (χ3n) is 6.35. The van der Waals surface area contributed by atoms with Crippen LogP contribution in [-0.2, 0) is 5.41 Å². The van der Waals surface area contributed by atoms with Crippen molar-refractivity contribution in [1.29, 1.82) is 0 Å². The average Bonchev–Trinajstić information content (AvgIpc) is 2.98. The molecule has 4 aromatic rings. The van der Waals surface area contributed by atoms with Crippen LogP contribution in [0.3, 0.4) is 0 Å². The van der Waals surface area contributed by atoms with Gasteiger partial charge in [0.05, 0.1) is 0 Å². The SMILES string of the molecule is CC(C)(c1ccccc1OCC(O)COc1ccccc1)c1ccccc1OCC(O)COc1ccccc1. The second-order valence-electron chi connectivity index (χ2n) is 9.80. The molecule has 0 saturated heterocycles. The van der Waals surface area contributed by atoms with Crippen molar-refractivity contribution in [3.8, 4) is 23.0 Å². The van der Waals surface area contributed by atoms with Gasteiger partial charge in [0.1, 0.15) is 61.6 Å². The number of rotatable bonds is 14. The molecule has 0 amide bonds. The first-order chi connectivity index (χ1) is 18.9. The molecule has 0 spiro atoms. The van der Waals surface area contributed by atoms with Crippen molar-refractivity contribution >= 4 is 0 Å². The van der Waals surface area contributed by atoms with Gasteiger partial charge in [-0.1, -0.05) is 86.6 Å². The minimum atomic E-state index is -0.795. The summed E-state index contributed by atoms with van der Waals surface area (Å²) in [6.45, 7) is 4.63. The van der Waals surface area contributed by atoms with E-state index < -0.39 is 17.6 Å². The van der Waals surface area contributed by atoms with Crippen LogP contribution in [0.15, 0.2) is 109 Å². The van der Waals surface area contributed by atoms with Gasteiger partial charge in [0.2, 0.25) is 0 Å². The van der Waals surface area contributed by atoms with Crippen LogP contribution in [0.4, 0.5) is 0 Å². The third-order valence-corrected chi connectivity index (χ3v) is 6.35. The van der Waals surface area contributed by atoms with Gasteiger partial charge in [0.15, 0.2) is 0 Å². The summed E-state index contributed by atoms with van der Waals surface area (Å²) >= 11 is 0. The fraction of sp³-hybridized carbons (Fsp3) is 0.273. The molecule has 4 aromatic carbocycles. The van der Waals surface area contributed by atoms with E-state index in [0.717, 1.165) is 11.1 Å². The van der Waals surface area contributed by atoms with Gasteiger partial charge in [-0.15, -0.1) is 0 Å². The van der Waals surface area contributed by atoms with Gasteiger partial charge in [0, 0.05) is 16.5 Å². The van der Waals surface area contributed by atoms with Crippen LogP contribution in [0, 0.1) is 0 Å². The van der Waals surface area contributed by atoms with Gasteiger partial charge in [-0.05, 0) is 36.4 Å². The number of aliphatic hydroxyl groups is 2. The van der Waals surface area contributed by atoms with E-state index in [1.165, 1.54) is 0 Å². The minimum absolute atomic E-state index is 0.0890. The zero-order valence-electron chi connectivity index (χ0n) is 22.4. The summed E-state index contributed by atoms with van der Waals surface area (Å²) in [5, 5.41) is 20.9. The number of benzene rings is 4. The van der Waals surface area contributed by atoms with Crippen molar-refractivity contribution in [2.24, 2.45) is 0 Å². The van der Waals surface area contributed by atoms with Crippen molar-refractivity contribution in [1.82, 2.24) is 0 Å². The Hall–Kier alpha value is -4.00. The zero-order valence-corrected chi connectivity index (χ0v) is 22.4. The average molecular weight is 529 g/mol. The highest BCUT2D eigenvalue weighted by molar-refractivity contribution is 5.50. The number of para-hydroxylation sites is 4. The fourth-order valence-electron chi connectivity index (χ4n) is 4.25. The highest BCUT2D eigenvalue weighted by Crippen LogP contribution is 2.41. The maximum Gasteiger partial charge on any atom is 0.123 e. The molecule has 39 heavy (non-hydrogen) atoms. The molecule has 0 heterocycles. The van der Waals surface area contributed by atoms with Crippen LogP contribution >= 0.6 is 0 Å². The summed E-state index contributed by atoms with van der Waals surface area (Å²) in [7, 11) is 0. The maximum atomic E-state index is 10.5. The molecular weight excluding hydrogens is 492 g/mol. The van der Waals surface area contributed by atoms with E-state index in [-0.39, 0.29) is 26.4 Å². The molecule has 0 saturated carbocycles. The van der Waals surface area contributed by atoms with Crippen molar-refractivity contribution in [3.05, 3.63) is 120 Å². The first-order valence-corrected chi connectivity index (χ1v) is 13.1. The van der Waals surface area contributed by atoms with E-state index in [0.29, 0.717) is 23.0 Å². The predicted molar refractivity (Wildman–Crippen MR) is 152 cm³/mol. The van der Waals surface area contributed by atoms with Gasteiger partial charge in [-0.25, -0.2) is 0 Å². The summed E-state index contributed by atoms with van der Waals surface area (Å²) < 4.78 is 23.5. The summed E-state index contributed by atoms with van der Waals surface area (Å²) in [6, 6.07) is 34.3. The second-order valence-corrected chi connectivity index (χ2v) is 9.80. The standard InChI is InChI=1S/C33H36O6/c1-33(2,29-17-9-11-19-31(29)38-23-25(34)21-36-27-13-5-3-6-14-27)30-18-10-12-20-32(30)39-24-26(35)22-37-28-15-7-4-8-16-28/h3-20,25-26,34-35H,21-24H2,1-2H3. The molecule has 0 bridgehead atoms. The molecule has 2 N–H and O–H groups in total. The topological polar surface area (TPSA) is 77.4 Å². The van der Waals surface area contributed by atoms with Crippen molar-refractivity contribution in [3.63, 3.8) is 0 Å². The Morgan fingerprint density at radius 1 is 0.487 bits per heavy atom. The second kappa shape index (κ2) is 13.7. The molecule has 2 atom stereocenters. The fourth-order valence-corrected chi connectivity index (χ4v) is 4.25. The monoisotopic (exact) mass is 528 g/mol. The molecular formula is C33H36O6. The first-order valence-electron chi connectivity index (χ1n) is 13.1. The number of ether oxygens (including phenoxy) is 4. The lowest BCUT2D eigenvalue weighted by molar-refractivity contribution is 0.0613.